The number of carbonyl (C=O) groups is 1. The van der Waals surface area contributed by atoms with Crippen molar-refractivity contribution < 1.29 is 14.3 Å². The molecule has 170 valence electrons. The Kier molecular flexibility index (Phi) is 7.32. The molecule has 6 nitrogen and oxygen atoms in total. The maximum absolute atomic E-state index is 13.2. The fraction of sp³-hybridized carbons (Fsp3) is 0.423. The van der Waals surface area contributed by atoms with Gasteiger partial charge in [-0.1, -0.05) is 30.9 Å². The standard InChI is InChI=1S/C26H33N3O3/c1-3-18-32-23-10-6-8-21(19-23)26(30)29-13-7-9-22(20-29)27-14-16-28(17-15-27)24-11-4-5-12-25(24)31-2/h3-6,8,10-12,19,22H,1,7,9,13-18,20H2,2H3/t22-/m1/s1. The Bertz CT molecular complexity index is 924. The van der Waals surface area contributed by atoms with Crippen LogP contribution in [0.5, 0.6) is 11.5 Å². The van der Waals surface area contributed by atoms with Gasteiger partial charge in [-0.3, -0.25) is 9.69 Å². The van der Waals surface area contributed by atoms with E-state index < -0.39 is 0 Å². The van der Waals surface area contributed by atoms with Crippen LogP contribution in [0.2, 0.25) is 0 Å². The second-order valence-corrected chi connectivity index (χ2v) is 8.37. The number of anilines is 1. The van der Waals surface area contributed by atoms with Crippen LogP contribution in [-0.2, 0) is 0 Å². The molecule has 2 saturated heterocycles. The first-order valence-corrected chi connectivity index (χ1v) is 11.4. The lowest BCUT2D eigenvalue weighted by molar-refractivity contribution is 0.0563. The van der Waals surface area contributed by atoms with Crippen molar-refractivity contribution in [2.45, 2.75) is 18.9 Å². The first-order chi connectivity index (χ1) is 15.7. The van der Waals surface area contributed by atoms with Gasteiger partial charge in [-0.2, -0.15) is 0 Å². The van der Waals surface area contributed by atoms with Gasteiger partial charge in [-0.15, -0.1) is 0 Å². The highest BCUT2D eigenvalue weighted by molar-refractivity contribution is 5.94. The van der Waals surface area contributed by atoms with Crippen LogP contribution in [0.1, 0.15) is 23.2 Å². The van der Waals surface area contributed by atoms with Gasteiger partial charge in [0.05, 0.1) is 12.8 Å². The van der Waals surface area contributed by atoms with Crippen molar-refractivity contribution in [2.75, 3.05) is 57.9 Å². The smallest absolute Gasteiger partial charge is 0.254 e. The zero-order valence-corrected chi connectivity index (χ0v) is 18.9. The summed E-state index contributed by atoms with van der Waals surface area (Å²) in [6.07, 6.45) is 3.88. The van der Waals surface area contributed by atoms with E-state index >= 15 is 0 Å². The van der Waals surface area contributed by atoms with Gasteiger partial charge >= 0.3 is 0 Å². The van der Waals surface area contributed by atoms with Crippen molar-refractivity contribution in [3.8, 4) is 11.5 Å². The number of amides is 1. The van der Waals surface area contributed by atoms with Gasteiger partial charge < -0.3 is 19.3 Å². The lowest BCUT2D eigenvalue weighted by atomic mass is 10.0. The number of para-hydroxylation sites is 2. The highest BCUT2D eigenvalue weighted by atomic mass is 16.5. The molecule has 0 aromatic heterocycles. The second kappa shape index (κ2) is 10.6. The Balaban J connectivity index is 1.35. The summed E-state index contributed by atoms with van der Waals surface area (Å²) in [5, 5.41) is 0. The molecule has 1 atom stereocenters. The minimum absolute atomic E-state index is 0.0893. The number of hydrogen-bond donors (Lipinski definition) is 0. The van der Waals surface area contributed by atoms with E-state index in [1.165, 1.54) is 0 Å². The highest BCUT2D eigenvalue weighted by Crippen LogP contribution is 2.29. The topological polar surface area (TPSA) is 45.2 Å². The zero-order valence-electron chi connectivity index (χ0n) is 18.9. The van der Waals surface area contributed by atoms with E-state index in [1.54, 1.807) is 13.2 Å². The molecule has 0 aliphatic carbocycles. The van der Waals surface area contributed by atoms with Crippen molar-refractivity contribution in [3.63, 3.8) is 0 Å². The summed E-state index contributed by atoms with van der Waals surface area (Å²) >= 11 is 0. The molecule has 0 spiro atoms. The van der Waals surface area contributed by atoms with Crippen LogP contribution in [0.15, 0.2) is 61.2 Å². The molecule has 0 radical (unpaired) electrons. The Labute approximate surface area is 191 Å². The van der Waals surface area contributed by atoms with E-state index in [1.807, 2.05) is 41.3 Å². The van der Waals surface area contributed by atoms with E-state index in [-0.39, 0.29) is 5.91 Å². The predicted molar refractivity (Wildman–Crippen MR) is 128 cm³/mol. The third kappa shape index (κ3) is 5.07. The summed E-state index contributed by atoms with van der Waals surface area (Å²) in [4.78, 5) is 20.1. The van der Waals surface area contributed by atoms with Gasteiger partial charge in [-0.25, -0.2) is 0 Å². The van der Waals surface area contributed by atoms with E-state index in [0.29, 0.717) is 24.0 Å². The van der Waals surface area contributed by atoms with Crippen molar-refractivity contribution in [2.24, 2.45) is 0 Å². The highest BCUT2D eigenvalue weighted by Gasteiger charge is 2.31. The minimum Gasteiger partial charge on any atom is -0.495 e. The molecule has 0 N–H and O–H groups in total. The summed E-state index contributed by atoms with van der Waals surface area (Å²) in [5.41, 5.74) is 1.85. The Morgan fingerprint density at radius 3 is 2.69 bits per heavy atom. The van der Waals surface area contributed by atoms with Gasteiger partial charge in [0.15, 0.2) is 0 Å². The third-order valence-corrected chi connectivity index (χ3v) is 6.39. The number of ether oxygens (including phenoxy) is 2. The quantitative estimate of drug-likeness (QED) is 0.621. The normalized spacial score (nSPS) is 19.5. The zero-order chi connectivity index (χ0) is 22.3. The van der Waals surface area contributed by atoms with Gasteiger partial charge in [-0.05, 0) is 43.2 Å². The number of benzene rings is 2. The maximum Gasteiger partial charge on any atom is 0.254 e. The van der Waals surface area contributed by atoms with E-state index in [9.17, 15) is 4.79 Å². The molecule has 2 aliphatic heterocycles. The number of nitrogens with zero attached hydrogens (tertiary/aromatic N) is 3. The van der Waals surface area contributed by atoms with Gasteiger partial charge in [0.2, 0.25) is 0 Å². The van der Waals surface area contributed by atoms with Crippen LogP contribution in [0.4, 0.5) is 5.69 Å². The van der Waals surface area contributed by atoms with Crippen molar-refractivity contribution in [1.82, 2.24) is 9.80 Å². The average molecular weight is 436 g/mol. The first-order valence-electron chi connectivity index (χ1n) is 11.4. The minimum atomic E-state index is 0.0893. The van der Waals surface area contributed by atoms with Gasteiger partial charge in [0, 0.05) is 50.9 Å². The summed E-state index contributed by atoms with van der Waals surface area (Å²) in [6, 6.07) is 16.1. The van der Waals surface area contributed by atoms with Crippen LogP contribution >= 0.6 is 0 Å². The SMILES string of the molecule is C=CCOc1cccc(C(=O)N2CCC[C@@H](N3CCN(c4ccccc4OC)CC3)C2)c1. The number of carbonyl (C=O) groups excluding carboxylic acids is 1. The molecule has 0 saturated carbocycles. The molecule has 2 aromatic rings. The number of piperidine rings is 1. The van der Waals surface area contributed by atoms with Crippen LogP contribution in [-0.4, -0.2) is 74.7 Å². The predicted octanol–water partition coefficient (Wildman–Crippen LogP) is 3.69. The Morgan fingerprint density at radius 2 is 1.91 bits per heavy atom. The van der Waals surface area contributed by atoms with E-state index in [0.717, 1.165) is 63.5 Å². The lowest BCUT2D eigenvalue weighted by Gasteiger charge is -2.44. The monoisotopic (exact) mass is 435 g/mol. The van der Waals surface area contributed by atoms with Crippen LogP contribution < -0.4 is 14.4 Å². The first kappa shape index (κ1) is 22.2. The Hall–Kier alpha value is -2.99. The molecule has 2 aliphatic rings. The summed E-state index contributed by atoms with van der Waals surface area (Å²) in [5.74, 6) is 1.72. The van der Waals surface area contributed by atoms with Crippen molar-refractivity contribution >= 4 is 11.6 Å². The summed E-state index contributed by atoms with van der Waals surface area (Å²) < 4.78 is 11.1. The number of likely N-dealkylation sites (tertiary alicyclic amines) is 1. The molecule has 1 amide bonds. The number of piperazine rings is 1. The van der Waals surface area contributed by atoms with Crippen LogP contribution in [0.25, 0.3) is 0 Å². The van der Waals surface area contributed by atoms with E-state index in [4.69, 9.17) is 9.47 Å². The molecule has 4 rings (SSSR count). The van der Waals surface area contributed by atoms with Crippen LogP contribution in [0, 0.1) is 0 Å². The number of rotatable bonds is 7. The average Bonchev–Trinajstić information content (AvgIpc) is 2.87. The Morgan fingerprint density at radius 1 is 1.09 bits per heavy atom. The maximum atomic E-state index is 13.2. The van der Waals surface area contributed by atoms with Crippen LogP contribution in [0.3, 0.4) is 0 Å². The van der Waals surface area contributed by atoms with Crippen molar-refractivity contribution in [1.29, 1.82) is 0 Å². The fourth-order valence-corrected chi connectivity index (χ4v) is 4.71. The number of methoxy groups -OCH3 is 1. The lowest BCUT2D eigenvalue weighted by Crippen LogP contribution is -2.55. The number of hydrogen-bond acceptors (Lipinski definition) is 5. The molecular weight excluding hydrogens is 402 g/mol. The van der Waals surface area contributed by atoms with Gasteiger partial charge in [0.1, 0.15) is 18.1 Å². The summed E-state index contributed by atoms with van der Waals surface area (Å²) in [7, 11) is 1.73. The molecule has 2 fully saturated rings. The second-order valence-electron chi connectivity index (χ2n) is 8.37. The molecule has 0 unspecified atom stereocenters. The molecule has 6 heteroatoms. The molecule has 0 bridgehead atoms. The largest absolute Gasteiger partial charge is 0.495 e. The molecule has 2 heterocycles. The molecule has 2 aromatic carbocycles. The van der Waals surface area contributed by atoms with Gasteiger partial charge in [0.25, 0.3) is 5.91 Å². The van der Waals surface area contributed by atoms with E-state index in [2.05, 4.69) is 28.5 Å². The summed E-state index contributed by atoms with van der Waals surface area (Å²) in [6.45, 7) is 9.63. The third-order valence-electron chi connectivity index (χ3n) is 6.39. The molecular formula is C26H33N3O3. The van der Waals surface area contributed by atoms with Crippen molar-refractivity contribution in [3.05, 3.63) is 66.7 Å². The fourth-order valence-electron chi connectivity index (χ4n) is 4.71. The molecule has 32 heavy (non-hydrogen) atoms.